The van der Waals surface area contributed by atoms with Crippen molar-refractivity contribution < 1.29 is 19.4 Å². The molecule has 1 unspecified atom stereocenters. The van der Waals surface area contributed by atoms with Crippen LogP contribution in [0.4, 0.5) is 5.95 Å². The SMILES string of the molecule is CCn1nc(C)cc1C(=O)Nc1nc2cc(C(N)=O)cc(OC)c2n1CC(O)c1ccccc1. The Hall–Kier alpha value is -4.18. The molecule has 0 radical (unpaired) electrons. The molecule has 4 aromatic rings. The summed E-state index contributed by atoms with van der Waals surface area (Å²) in [5.74, 6) is -0.500. The van der Waals surface area contributed by atoms with Crippen molar-refractivity contribution in [2.75, 3.05) is 12.4 Å². The Bertz CT molecular complexity index is 1360. The molecule has 0 aliphatic rings. The van der Waals surface area contributed by atoms with Gasteiger partial charge in [0.15, 0.2) is 0 Å². The number of rotatable bonds is 8. The maximum atomic E-state index is 13.1. The molecule has 0 saturated carbocycles. The van der Waals surface area contributed by atoms with Gasteiger partial charge in [-0.3, -0.25) is 19.6 Å². The number of nitrogens with zero attached hydrogens (tertiary/aromatic N) is 4. The van der Waals surface area contributed by atoms with Crippen LogP contribution < -0.4 is 15.8 Å². The predicted octanol–water partition coefficient (Wildman–Crippen LogP) is 2.65. The van der Waals surface area contributed by atoms with Crippen LogP contribution in [0.5, 0.6) is 5.75 Å². The monoisotopic (exact) mass is 462 g/mol. The van der Waals surface area contributed by atoms with E-state index in [0.29, 0.717) is 40.3 Å². The van der Waals surface area contributed by atoms with E-state index in [4.69, 9.17) is 10.5 Å². The molecule has 0 aliphatic heterocycles. The Kier molecular flexibility index (Phi) is 6.33. The average Bonchev–Trinajstić information content (AvgIpc) is 3.38. The second-order valence-electron chi connectivity index (χ2n) is 7.82. The van der Waals surface area contributed by atoms with Crippen molar-refractivity contribution in [3.05, 3.63) is 71.0 Å². The minimum Gasteiger partial charge on any atom is -0.494 e. The number of nitrogens with two attached hydrogens (primary N) is 1. The molecule has 2 amide bonds. The third kappa shape index (κ3) is 4.35. The van der Waals surface area contributed by atoms with Crippen LogP contribution in [0.3, 0.4) is 0 Å². The van der Waals surface area contributed by atoms with E-state index in [2.05, 4.69) is 15.4 Å². The van der Waals surface area contributed by atoms with Crippen LogP contribution in [0.2, 0.25) is 0 Å². The lowest BCUT2D eigenvalue weighted by molar-refractivity contribution is 0.0995. The number of fused-ring (bicyclic) bond motifs is 1. The van der Waals surface area contributed by atoms with Crippen molar-refractivity contribution in [2.24, 2.45) is 5.73 Å². The Morgan fingerprint density at radius 1 is 1.21 bits per heavy atom. The number of aliphatic hydroxyl groups is 1. The van der Waals surface area contributed by atoms with Gasteiger partial charge in [-0.05, 0) is 37.6 Å². The second-order valence-corrected chi connectivity index (χ2v) is 7.82. The van der Waals surface area contributed by atoms with Gasteiger partial charge in [0.1, 0.15) is 17.0 Å². The van der Waals surface area contributed by atoms with Crippen molar-refractivity contribution in [3.8, 4) is 5.75 Å². The number of carbonyl (C=O) groups is 2. The molecule has 0 saturated heterocycles. The van der Waals surface area contributed by atoms with Gasteiger partial charge in [-0.2, -0.15) is 5.10 Å². The van der Waals surface area contributed by atoms with Gasteiger partial charge in [-0.1, -0.05) is 30.3 Å². The minimum atomic E-state index is -0.891. The van der Waals surface area contributed by atoms with Gasteiger partial charge in [-0.25, -0.2) is 4.98 Å². The summed E-state index contributed by atoms with van der Waals surface area (Å²) in [6.07, 6.45) is -0.891. The molecule has 0 bridgehead atoms. The van der Waals surface area contributed by atoms with E-state index in [0.717, 1.165) is 0 Å². The highest BCUT2D eigenvalue weighted by atomic mass is 16.5. The third-order valence-corrected chi connectivity index (χ3v) is 5.51. The number of benzene rings is 2. The fourth-order valence-corrected chi connectivity index (χ4v) is 3.89. The quantitative estimate of drug-likeness (QED) is 0.368. The van der Waals surface area contributed by atoms with Crippen LogP contribution in [0.25, 0.3) is 11.0 Å². The standard InChI is InChI=1S/C24H26N6O4/c1-4-30-18(10-14(2)28-30)23(33)27-24-26-17-11-16(22(25)32)12-20(34-3)21(17)29(24)13-19(31)15-8-6-5-7-9-15/h5-12,19,31H,4,13H2,1-3H3,(H2,25,32)(H,26,27,33). The van der Waals surface area contributed by atoms with E-state index < -0.39 is 17.9 Å². The number of amides is 2. The molecule has 34 heavy (non-hydrogen) atoms. The number of hydrogen-bond donors (Lipinski definition) is 3. The van der Waals surface area contributed by atoms with Crippen LogP contribution in [0.15, 0.2) is 48.5 Å². The van der Waals surface area contributed by atoms with Crippen molar-refractivity contribution >= 4 is 28.8 Å². The number of aliphatic hydroxyl groups excluding tert-OH is 1. The summed E-state index contributed by atoms with van der Waals surface area (Å²) in [5.41, 5.74) is 8.39. The first-order valence-corrected chi connectivity index (χ1v) is 10.8. The molecule has 0 spiro atoms. The summed E-state index contributed by atoms with van der Waals surface area (Å²) in [6, 6.07) is 13.9. The van der Waals surface area contributed by atoms with Crippen molar-refractivity contribution in [1.82, 2.24) is 19.3 Å². The van der Waals surface area contributed by atoms with Gasteiger partial charge in [0.2, 0.25) is 11.9 Å². The number of hydrogen-bond acceptors (Lipinski definition) is 6. The molecule has 2 aromatic heterocycles. The number of primary amides is 1. The van der Waals surface area contributed by atoms with Gasteiger partial charge in [0.25, 0.3) is 5.91 Å². The van der Waals surface area contributed by atoms with Gasteiger partial charge in [0, 0.05) is 12.1 Å². The lowest BCUT2D eigenvalue weighted by Gasteiger charge is -2.16. The van der Waals surface area contributed by atoms with Crippen LogP contribution >= 0.6 is 0 Å². The summed E-state index contributed by atoms with van der Waals surface area (Å²) in [7, 11) is 1.46. The minimum absolute atomic E-state index is 0.0778. The Labute approximate surface area is 196 Å². The first-order chi connectivity index (χ1) is 16.3. The second kappa shape index (κ2) is 9.36. The van der Waals surface area contributed by atoms with E-state index in [9.17, 15) is 14.7 Å². The molecule has 10 nitrogen and oxygen atoms in total. The molecular weight excluding hydrogens is 436 g/mol. The van der Waals surface area contributed by atoms with Crippen LogP contribution in [0, 0.1) is 6.92 Å². The fraction of sp³-hybridized carbons (Fsp3) is 0.250. The Balaban J connectivity index is 1.82. The number of aryl methyl sites for hydroxylation is 2. The summed E-state index contributed by atoms with van der Waals surface area (Å²) in [5, 5.41) is 18.1. The van der Waals surface area contributed by atoms with Crippen molar-refractivity contribution in [2.45, 2.75) is 33.0 Å². The maximum absolute atomic E-state index is 13.1. The molecule has 4 rings (SSSR count). The predicted molar refractivity (Wildman–Crippen MR) is 127 cm³/mol. The summed E-state index contributed by atoms with van der Waals surface area (Å²) < 4.78 is 8.77. The molecule has 1 atom stereocenters. The number of imidazole rings is 1. The molecule has 10 heteroatoms. The van der Waals surface area contributed by atoms with E-state index in [-0.39, 0.29) is 18.1 Å². The van der Waals surface area contributed by atoms with E-state index >= 15 is 0 Å². The Morgan fingerprint density at radius 2 is 1.94 bits per heavy atom. The lowest BCUT2D eigenvalue weighted by Crippen LogP contribution is -2.21. The number of methoxy groups -OCH3 is 1. The van der Waals surface area contributed by atoms with E-state index in [1.165, 1.54) is 19.2 Å². The maximum Gasteiger partial charge on any atom is 0.276 e. The highest BCUT2D eigenvalue weighted by Gasteiger charge is 2.23. The fourth-order valence-electron chi connectivity index (χ4n) is 3.89. The molecule has 0 aliphatic carbocycles. The highest BCUT2D eigenvalue weighted by molar-refractivity contribution is 6.04. The van der Waals surface area contributed by atoms with Gasteiger partial charge in [-0.15, -0.1) is 0 Å². The normalized spacial score (nSPS) is 12.0. The van der Waals surface area contributed by atoms with Gasteiger partial charge >= 0.3 is 0 Å². The molecule has 176 valence electrons. The zero-order chi connectivity index (χ0) is 24.4. The molecule has 2 heterocycles. The number of anilines is 1. The Morgan fingerprint density at radius 3 is 2.59 bits per heavy atom. The van der Waals surface area contributed by atoms with E-state index in [1.807, 2.05) is 44.2 Å². The smallest absolute Gasteiger partial charge is 0.276 e. The number of aromatic nitrogens is 4. The topological polar surface area (TPSA) is 137 Å². The summed E-state index contributed by atoms with van der Waals surface area (Å²) in [6.45, 7) is 4.31. The zero-order valence-electron chi connectivity index (χ0n) is 19.1. The van der Waals surface area contributed by atoms with Gasteiger partial charge in [0.05, 0.1) is 31.0 Å². The zero-order valence-corrected chi connectivity index (χ0v) is 19.1. The number of carbonyl (C=O) groups excluding carboxylic acids is 2. The molecule has 2 aromatic carbocycles. The lowest BCUT2D eigenvalue weighted by atomic mass is 10.1. The largest absolute Gasteiger partial charge is 0.494 e. The number of ether oxygens (including phenoxy) is 1. The molecule has 0 fully saturated rings. The van der Waals surface area contributed by atoms with Crippen LogP contribution in [0.1, 0.15) is 45.1 Å². The van der Waals surface area contributed by atoms with Crippen molar-refractivity contribution in [3.63, 3.8) is 0 Å². The van der Waals surface area contributed by atoms with E-state index in [1.54, 1.807) is 15.3 Å². The van der Waals surface area contributed by atoms with Gasteiger partial charge < -0.3 is 20.1 Å². The first kappa shape index (κ1) is 23.0. The first-order valence-electron chi connectivity index (χ1n) is 10.8. The summed E-state index contributed by atoms with van der Waals surface area (Å²) in [4.78, 5) is 29.5. The molecule has 4 N–H and O–H groups in total. The van der Waals surface area contributed by atoms with Crippen molar-refractivity contribution in [1.29, 1.82) is 0 Å². The van der Waals surface area contributed by atoms with Crippen LogP contribution in [-0.2, 0) is 13.1 Å². The summed E-state index contributed by atoms with van der Waals surface area (Å²) >= 11 is 0. The third-order valence-electron chi connectivity index (χ3n) is 5.51. The molecular formula is C24H26N6O4. The average molecular weight is 463 g/mol. The highest BCUT2D eigenvalue weighted by Crippen LogP contribution is 2.32. The number of nitrogens with one attached hydrogen (secondary N) is 1. The van der Waals surface area contributed by atoms with Crippen LogP contribution in [-0.4, -0.2) is 43.4 Å².